The zero-order chi connectivity index (χ0) is 12.4. The van der Waals surface area contributed by atoms with Crippen LogP contribution < -0.4 is 4.74 Å². The summed E-state index contributed by atoms with van der Waals surface area (Å²) in [5.74, 6) is 0.617. The van der Waals surface area contributed by atoms with Crippen molar-refractivity contribution in [2.24, 2.45) is 0 Å². The number of nitrogens with zero attached hydrogens (tertiary/aromatic N) is 3. The van der Waals surface area contributed by atoms with Gasteiger partial charge in [-0.15, -0.1) is 0 Å². The first-order chi connectivity index (χ1) is 8.88. The van der Waals surface area contributed by atoms with Gasteiger partial charge in [0.1, 0.15) is 12.0 Å². The SMILES string of the molecule is COc1ncnc2c1ccn2Cc1ccccc1. The third-order valence-corrected chi connectivity index (χ3v) is 2.91. The van der Waals surface area contributed by atoms with Crippen LogP contribution in [0, 0.1) is 0 Å². The third-order valence-electron chi connectivity index (χ3n) is 2.91. The lowest BCUT2D eigenvalue weighted by Gasteiger charge is -2.05. The molecule has 0 bridgehead atoms. The van der Waals surface area contributed by atoms with Crippen molar-refractivity contribution in [3.05, 3.63) is 54.5 Å². The fourth-order valence-electron chi connectivity index (χ4n) is 2.05. The zero-order valence-electron chi connectivity index (χ0n) is 10.1. The van der Waals surface area contributed by atoms with Crippen LogP contribution in [0.3, 0.4) is 0 Å². The van der Waals surface area contributed by atoms with Crippen LogP contribution in [0.15, 0.2) is 48.9 Å². The average Bonchev–Trinajstić information content (AvgIpc) is 2.83. The molecule has 0 saturated carbocycles. The summed E-state index contributed by atoms with van der Waals surface area (Å²) in [5, 5.41) is 0.941. The summed E-state index contributed by atoms with van der Waals surface area (Å²) in [5.41, 5.74) is 2.14. The Morgan fingerprint density at radius 3 is 2.72 bits per heavy atom. The molecule has 1 aromatic carbocycles. The molecular formula is C14H13N3O. The van der Waals surface area contributed by atoms with Crippen molar-refractivity contribution in [2.45, 2.75) is 6.54 Å². The smallest absolute Gasteiger partial charge is 0.225 e. The molecule has 0 unspecified atom stereocenters. The number of hydrogen-bond donors (Lipinski definition) is 0. The van der Waals surface area contributed by atoms with Crippen molar-refractivity contribution in [1.29, 1.82) is 0 Å². The monoisotopic (exact) mass is 239 g/mol. The molecule has 90 valence electrons. The second kappa shape index (κ2) is 4.49. The highest BCUT2D eigenvalue weighted by atomic mass is 16.5. The lowest BCUT2D eigenvalue weighted by molar-refractivity contribution is 0.402. The van der Waals surface area contributed by atoms with Gasteiger partial charge in [-0.3, -0.25) is 0 Å². The number of fused-ring (bicyclic) bond motifs is 1. The largest absolute Gasteiger partial charge is 0.480 e. The molecule has 0 aliphatic heterocycles. The highest BCUT2D eigenvalue weighted by Crippen LogP contribution is 2.22. The topological polar surface area (TPSA) is 39.9 Å². The maximum Gasteiger partial charge on any atom is 0.225 e. The van der Waals surface area contributed by atoms with E-state index in [4.69, 9.17) is 4.74 Å². The number of hydrogen-bond acceptors (Lipinski definition) is 3. The van der Waals surface area contributed by atoms with Gasteiger partial charge >= 0.3 is 0 Å². The summed E-state index contributed by atoms with van der Waals surface area (Å²) < 4.78 is 7.32. The van der Waals surface area contributed by atoms with Gasteiger partial charge in [0.2, 0.25) is 5.88 Å². The Balaban J connectivity index is 2.03. The number of aromatic nitrogens is 3. The van der Waals surface area contributed by atoms with Gasteiger partial charge in [0.15, 0.2) is 0 Å². The van der Waals surface area contributed by atoms with Gasteiger partial charge in [-0.1, -0.05) is 30.3 Å². The van der Waals surface area contributed by atoms with Crippen molar-refractivity contribution in [1.82, 2.24) is 14.5 Å². The Kier molecular flexibility index (Phi) is 2.68. The summed E-state index contributed by atoms with van der Waals surface area (Å²) in [4.78, 5) is 8.42. The van der Waals surface area contributed by atoms with Gasteiger partial charge in [-0.25, -0.2) is 9.97 Å². The molecule has 0 aliphatic carbocycles. The predicted molar refractivity (Wildman–Crippen MR) is 69.6 cm³/mol. The molecule has 4 nitrogen and oxygen atoms in total. The van der Waals surface area contributed by atoms with E-state index in [1.165, 1.54) is 11.9 Å². The molecule has 3 rings (SSSR count). The van der Waals surface area contributed by atoms with E-state index in [9.17, 15) is 0 Å². The Labute approximate surface area is 105 Å². The fourth-order valence-corrected chi connectivity index (χ4v) is 2.05. The van der Waals surface area contributed by atoms with Crippen molar-refractivity contribution in [2.75, 3.05) is 7.11 Å². The van der Waals surface area contributed by atoms with Crippen molar-refractivity contribution >= 4 is 11.0 Å². The maximum absolute atomic E-state index is 5.23. The zero-order valence-corrected chi connectivity index (χ0v) is 10.1. The second-order valence-electron chi connectivity index (χ2n) is 4.05. The first-order valence-corrected chi connectivity index (χ1v) is 5.76. The van der Waals surface area contributed by atoms with Gasteiger partial charge in [0.05, 0.1) is 12.5 Å². The highest BCUT2D eigenvalue weighted by molar-refractivity contribution is 5.81. The number of rotatable bonds is 3. The molecule has 0 radical (unpaired) electrons. The molecular weight excluding hydrogens is 226 g/mol. The molecule has 0 amide bonds. The summed E-state index contributed by atoms with van der Waals surface area (Å²) in [7, 11) is 1.62. The van der Waals surface area contributed by atoms with E-state index in [-0.39, 0.29) is 0 Å². The molecule has 0 fully saturated rings. The second-order valence-corrected chi connectivity index (χ2v) is 4.05. The van der Waals surface area contributed by atoms with Gasteiger partial charge in [0.25, 0.3) is 0 Å². The Morgan fingerprint density at radius 1 is 1.11 bits per heavy atom. The normalized spacial score (nSPS) is 10.7. The highest BCUT2D eigenvalue weighted by Gasteiger charge is 2.08. The van der Waals surface area contributed by atoms with E-state index in [1.54, 1.807) is 7.11 Å². The van der Waals surface area contributed by atoms with E-state index in [1.807, 2.05) is 30.5 Å². The molecule has 4 heteroatoms. The quantitative estimate of drug-likeness (QED) is 0.705. The van der Waals surface area contributed by atoms with E-state index in [0.29, 0.717) is 5.88 Å². The molecule has 0 aliphatic rings. The van der Waals surface area contributed by atoms with E-state index in [2.05, 4.69) is 26.7 Å². The lowest BCUT2D eigenvalue weighted by Crippen LogP contribution is -1.99. The van der Waals surface area contributed by atoms with Crippen LogP contribution in [-0.2, 0) is 6.54 Å². The molecule has 0 spiro atoms. The van der Waals surface area contributed by atoms with Gasteiger partial charge in [0, 0.05) is 12.7 Å². The van der Waals surface area contributed by atoms with Crippen LogP contribution in [0.4, 0.5) is 0 Å². The summed E-state index contributed by atoms with van der Waals surface area (Å²) in [6.45, 7) is 0.796. The first-order valence-electron chi connectivity index (χ1n) is 5.76. The molecule has 2 aromatic heterocycles. The summed E-state index contributed by atoms with van der Waals surface area (Å²) >= 11 is 0. The van der Waals surface area contributed by atoms with Crippen LogP contribution in [-0.4, -0.2) is 21.6 Å². The summed E-state index contributed by atoms with van der Waals surface area (Å²) in [6, 6.07) is 12.3. The van der Waals surface area contributed by atoms with Crippen LogP contribution in [0.1, 0.15) is 5.56 Å². The van der Waals surface area contributed by atoms with Gasteiger partial charge in [-0.05, 0) is 11.6 Å². The Hall–Kier alpha value is -2.36. The average molecular weight is 239 g/mol. The molecule has 0 saturated heterocycles. The fraction of sp³-hybridized carbons (Fsp3) is 0.143. The number of ether oxygens (including phenoxy) is 1. The standard InChI is InChI=1S/C14H13N3O/c1-18-14-12-7-8-17(13(12)15-10-16-14)9-11-5-3-2-4-6-11/h2-8,10H,9H2,1H3. The molecule has 2 heterocycles. The first kappa shape index (κ1) is 10.8. The van der Waals surface area contributed by atoms with E-state index in [0.717, 1.165) is 17.6 Å². The summed E-state index contributed by atoms with van der Waals surface area (Å²) in [6.07, 6.45) is 3.54. The maximum atomic E-state index is 5.23. The molecule has 18 heavy (non-hydrogen) atoms. The van der Waals surface area contributed by atoms with Crippen molar-refractivity contribution in [3.63, 3.8) is 0 Å². The van der Waals surface area contributed by atoms with Crippen LogP contribution in [0.2, 0.25) is 0 Å². The van der Waals surface area contributed by atoms with Crippen LogP contribution in [0.5, 0.6) is 5.88 Å². The van der Waals surface area contributed by atoms with Gasteiger partial charge < -0.3 is 9.30 Å². The van der Waals surface area contributed by atoms with E-state index >= 15 is 0 Å². The van der Waals surface area contributed by atoms with E-state index < -0.39 is 0 Å². The van der Waals surface area contributed by atoms with Crippen LogP contribution >= 0.6 is 0 Å². The lowest BCUT2D eigenvalue weighted by atomic mass is 10.2. The molecule has 3 aromatic rings. The van der Waals surface area contributed by atoms with Crippen molar-refractivity contribution in [3.8, 4) is 5.88 Å². The number of benzene rings is 1. The minimum atomic E-state index is 0.617. The van der Waals surface area contributed by atoms with Gasteiger partial charge in [-0.2, -0.15) is 0 Å². The Morgan fingerprint density at radius 2 is 1.94 bits per heavy atom. The van der Waals surface area contributed by atoms with Crippen LogP contribution in [0.25, 0.3) is 11.0 Å². The Bertz CT molecular complexity index is 661. The minimum Gasteiger partial charge on any atom is -0.480 e. The molecule has 0 atom stereocenters. The predicted octanol–water partition coefficient (Wildman–Crippen LogP) is 2.49. The third kappa shape index (κ3) is 1.82. The minimum absolute atomic E-state index is 0.617. The molecule has 0 N–H and O–H groups in total. The number of methoxy groups -OCH3 is 1. The van der Waals surface area contributed by atoms with Crippen molar-refractivity contribution < 1.29 is 4.74 Å².